The van der Waals surface area contributed by atoms with Gasteiger partial charge in [0.05, 0.1) is 19.8 Å². The number of allylic oxidation sites excluding steroid dienone is 1. The molecule has 1 aliphatic heterocycles. The fourth-order valence-corrected chi connectivity index (χ4v) is 3.94. The van der Waals surface area contributed by atoms with Crippen LogP contribution in [0.15, 0.2) is 77.4 Å². The van der Waals surface area contributed by atoms with Crippen molar-refractivity contribution in [2.45, 2.75) is 4.90 Å². The van der Waals surface area contributed by atoms with Crippen molar-refractivity contribution < 1.29 is 31.6 Å². The fraction of sp³-hybridized carbons (Fsp3) is 0.0870. The van der Waals surface area contributed by atoms with Crippen LogP contribution in [-0.4, -0.2) is 28.4 Å². The number of fused-ring (bicyclic) bond motifs is 1. The molecule has 0 aliphatic carbocycles. The van der Waals surface area contributed by atoms with E-state index >= 15 is 0 Å². The van der Waals surface area contributed by atoms with E-state index in [9.17, 15) is 13.2 Å². The number of Topliss-reactive ketones (excluding diaryl/α,β-unsaturated/α-hetero) is 1. The molecule has 0 aromatic heterocycles. The molecule has 0 fully saturated rings. The molecule has 0 saturated carbocycles. The fourth-order valence-electron chi connectivity index (χ4n) is 3.02. The first-order chi connectivity index (χ1) is 14.9. The van der Waals surface area contributed by atoms with Crippen LogP contribution in [0, 0.1) is 0 Å². The number of hydrogen-bond donors (Lipinski definition) is 0. The van der Waals surface area contributed by atoms with E-state index in [2.05, 4.69) is 0 Å². The average molecular weight is 438 g/mol. The third kappa shape index (κ3) is 4.24. The first-order valence-corrected chi connectivity index (χ1v) is 10.6. The van der Waals surface area contributed by atoms with Crippen molar-refractivity contribution in [3.05, 3.63) is 83.6 Å². The molecule has 0 radical (unpaired) electrons. The number of carbonyl (C=O) groups excluding carboxylic acids is 1. The molecule has 0 atom stereocenters. The lowest BCUT2D eigenvalue weighted by Crippen LogP contribution is -2.09. The van der Waals surface area contributed by atoms with E-state index in [1.54, 1.807) is 31.4 Å². The molecule has 31 heavy (non-hydrogen) atoms. The molecular weight excluding hydrogens is 420 g/mol. The van der Waals surface area contributed by atoms with Gasteiger partial charge in [-0.25, -0.2) is 0 Å². The Hall–Kier alpha value is -3.78. The van der Waals surface area contributed by atoms with Crippen LogP contribution in [0.1, 0.15) is 15.9 Å². The molecule has 4 rings (SSSR count). The number of carbonyl (C=O) groups is 1. The minimum atomic E-state index is -4.06. The van der Waals surface area contributed by atoms with Crippen LogP contribution in [0.3, 0.4) is 0 Å². The molecule has 1 heterocycles. The summed E-state index contributed by atoms with van der Waals surface area (Å²) in [4.78, 5) is 12.6. The summed E-state index contributed by atoms with van der Waals surface area (Å²) in [7, 11) is -1.02. The van der Waals surface area contributed by atoms with Crippen molar-refractivity contribution in [3.63, 3.8) is 0 Å². The van der Waals surface area contributed by atoms with Crippen LogP contribution in [0.25, 0.3) is 6.08 Å². The summed E-state index contributed by atoms with van der Waals surface area (Å²) >= 11 is 0. The highest BCUT2D eigenvalue weighted by atomic mass is 32.2. The predicted octanol–water partition coefficient (Wildman–Crippen LogP) is 4.09. The van der Waals surface area contributed by atoms with Gasteiger partial charge >= 0.3 is 10.1 Å². The molecular formula is C23H18O7S. The molecule has 0 N–H and O–H groups in total. The average Bonchev–Trinajstić information content (AvgIpc) is 3.08. The Morgan fingerprint density at radius 1 is 0.839 bits per heavy atom. The lowest BCUT2D eigenvalue weighted by atomic mass is 10.1. The molecule has 0 bridgehead atoms. The van der Waals surface area contributed by atoms with E-state index in [-0.39, 0.29) is 27.9 Å². The minimum absolute atomic E-state index is 0.0237. The summed E-state index contributed by atoms with van der Waals surface area (Å²) in [5.74, 6) is 1.25. The van der Waals surface area contributed by atoms with E-state index < -0.39 is 10.1 Å². The molecule has 0 spiro atoms. The Labute approximate surface area is 179 Å². The highest BCUT2D eigenvalue weighted by molar-refractivity contribution is 7.87. The predicted molar refractivity (Wildman–Crippen MR) is 113 cm³/mol. The smallest absolute Gasteiger partial charge is 0.339 e. The first-order valence-electron chi connectivity index (χ1n) is 9.20. The molecule has 8 heteroatoms. The zero-order valence-corrected chi connectivity index (χ0v) is 17.5. The highest BCUT2D eigenvalue weighted by Gasteiger charge is 2.28. The van der Waals surface area contributed by atoms with Crippen molar-refractivity contribution in [2.75, 3.05) is 14.2 Å². The summed E-state index contributed by atoms with van der Waals surface area (Å²) < 4.78 is 46.2. The zero-order valence-electron chi connectivity index (χ0n) is 16.7. The molecule has 0 amide bonds. The molecule has 158 valence electrons. The molecule has 3 aromatic carbocycles. The first kappa shape index (κ1) is 20.5. The lowest BCUT2D eigenvalue weighted by Gasteiger charge is -2.08. The van der Waals surface area contributed by atoms with E-state index in [0.29, 0.717) is 17.1 Å². The van der Waals surface area contributed by atoms with Crippen molar-refractivity contribution in [1.82, 2.24) is 0 Å². The van der Waals surface area contributed by atoms with Gasteiger partial charge in [-0.3, -0.25) is 4.79 Å². The monoisotopic (exact) mass is 438 g/mol. The van der Waals surface area contributed by atoms with Gasteiger partial charge in [0.15, 0.2) is 5.76 Å². The maximum atomic E-state index is 12.6. The lowest BCUT2D eigenvalue weighted by molar-refractivity contribution is 0.101. The number of ketones is 1. The van der Waals surface area contributed by atoms with Gasteiger partial charge in [-0.1, -0.05) is 12.1 Å². The largest absolute Gasteiger partial charge is 0.497 e. The van der Waals surface area contributed by atoms with E-state index in [1.807, 2.05) is 6.07 Å². The second-order valence-electron chi connectivity index (χ2n) is 6.59. The quantitative estimate of drug-likeness (QED) is 0.423. The van der Waals surface area contributed by atoms with Gasteiger partial charge in [-0.15, -0.1) is 0 Å². The Morgan fingerprint density at radius 3 is 2.26 bits per heavy atom. The van der Waals surface area contributed by atoms with Gasteiger partial charge in [-0.05, 0) is 60.2 Å². The van der Waals surface area contributed by atoms with Gasteiger partial charge in [0.1, 0.15) is 27.9 Å². The Kier molecular flexibility index (Phi) is 5.39. The van der Waals surface area contributed by atoms with Crippen molar-refractivity contribution in [1.29, 1.82) is 0 Å². The molecule has 7 nitrogen and oxygen atoms in total. The van der Waals surface area contributed by atoms with Gasteiger partial charge in [0.2, 0.25) is 5.78 Å². The molecule has 0 saturated heterocycles. The summed E-state index contributed by atoms with van der Waals surface area (Å²) in [6, 6.07) is 17.3. The van der Waals surface area contributed by atoms with Gasteiger partial charge in [0, 0.05) is 6.07 Å². The van der Waals surface area contributed by atoms with Crippen LogP contribution < -0.4 is 18.4 Å². The number of benzene rings is 3. The number of hydrogen-bond acceptors (Lipinski definition) is 7. The summed E-state index contributed by atoms with van der Waals surface area (Å²) in [6.07, 6.45) is 1.60. The van der Waals surface area contributed by atoms with Crippen LogP contribution >= 0.6 is 0 Å². The number of rotatable bonds is 6. The number of methoxy groups -OCH3 is 2. The van der Waals surface area contributed by atoms with E-state index in [1.165, 1.54) is 49.6 Å². The SMILES string of the molecule is COc1ccc(S(=O)(=O)Oc2ccc3c(c2)O/C(=C\c2cccc(OC)c2)C3=O)cc1. The molecule has 1 aliphatic rings. The highest BCUT2D eigenvalue weighted by Crippen LogP contribution is 2.36. The molecule has 0 unspecified atom stereocenters. The second-order valence-corrected chi connectivity index (χ2v) is 8.13. The van der Waals surface area contributed by atoms with Crippen molar-refractivity contribution >= 4 is 22.0 Å². The normalized spacial score (nSPS) is 14.1. The third-order valence-electron chi connectivity index (χ3n) is 4.59. The summed E-state index contributed by atoms with van der Waals surface area (Å²) in [5.41, 5.74) is 1.05. The van der Waals surface area contributed by atoms with Crippen LogP contribution in [0.5, 0.6) is 23.0 Å². The Balaban J connectivity index is 1.57. The van der Waals surface area contributed by atoms with Crippen molar-refractivity contribution in [3.8, 4) is 23.0 Å². The second kappa shape index (κ2) is 8.16. The van der Waals surface area contributed by atoms with E-state index in [0.717, 1.165) is 5.56 Å². The number of ether oxygens (including phenoxy) is 3. The van der Waals surface area contributed by atoms with Gasteiger partial charge in [-0.2, -0.15) is 8.42 Å². The van der Waals surface area contributed by atoms with Gasteiger partial charge < -0.3 is 18.4 Å². The standard InChI is InChI=1S/C23H18O7S/c1-27-16-6-9-19(10-7-16)31(25,26)30-18-8-11-20-21(14-18)29-22(23(20)24)13-15-4-3-5-17(12-15)28-2/h3-14H,1-2H3/b22-13-. The van der Waals surface area contributed by atoms with Gasteiger partial charge in [0.25, 0.3) is 0 Å². The Morgan fingerprint density at radius 2 is 1.55 bits per heavy atom. The maximum absolute atomic E-state index is 12.6. The maximum Gasteiger partial charge on any atom is 0.339 e. The van der Waals surface area contributed by atoms with Crippen LogP contribution in [-0.2, 0) is 10.1 Å². The van der Waals surface area contributed by atoms with Crippen LogP contribution in [0.2, 0.25) is 0 Å². The third-order valence-corrected chi connectivity index (χ3v) is 5.85. The van der Waals surface area contributed by atoms with E-state index in [4.69, 9.17) is 18.4 Å². The minimum Gasteiger partial charge on any atom is -0.497 e. The summed E-state index contributed by atoms with van der Waals surface area (Å²) in [6.45, 7) is 0. The topological polar surface area (TPSA) is 88.1 Å². The van der Waals surface area contributed by atoms with Crippen molar-refractivity contribution in [2.24, 2.45) is 0 Å². The van der Waals surface area contributed by atoms with Crippen LogP contribution in [0.4, 0.5) is 0 Å². The molecule has 3 aromatic rings. The zero-order chi connectivity index (χ0) is 22.0. The summed E-state index contributed by atoms with van der Waals surface area (Å²) in [5, 5.41) is 0. The Bertz CT molecular complexity index is 1280.